The number of primary amides is 1. The third-order valence-electron chi connectivity index (χ3n) is 14.9. The number of nitrogens with two attached hydrogens (primary N) is 1. The highest BCUT2D eigenvalue weighted by atomic mass is 32.2. The van der Waals surface area contributed by atoms with Crippen LogP contribution in [0, 0.1) is 11.3 Å². The van der Waals surface area contributed by atoms with Crippen molar-refractivity contribution in [3.63, 3.8) is 0 Å². The van der Waals surface area contributed by atoms with Gasteiger partial charge in [0.1, 0.15) is 35.5 Å². The summed E-state index contributed by atoms with van der Waals surface area (Å²) >= 11 is 1.83. The summed E-state index contributed by atoms with van der Waals surface area (Å²) in [5.41, 5.74) is 5.23. The molecule has 0 radical (unpaired) electrons. The second-order valence-electron chi connectivity index (χ2n) is 22.4. The molecule has 0 spiro atoms. The molecule has 8 amide bonds. The lowest BCUT2D eigenvalue weighted by atomic mass is 9.86. The summed E-state index contributed by atoms with van der Waals surface area (Å²) in [5.74, 6) is -2.10. The molecule has 2 aliphatic carbocycles. The van der Waals surface area contributed by atoms with E-state index in [1.807, 2.05) is 45.7 Å². The molecule has 76 heavy (non-hydrogen) atoms. The van der Waals surface area contributed by atoms with E-state index in [-0.39, 0.29) is 65.9 Å². The zero-order valence-corrected chi connectivity index (χ0v) is 46.1. The Morgan fingerprint density at radius 1 is 0.921 bits per heavy atom. The van der Waals surface area contributed by atoms with E-state index in [9.17, 15) is 42.0 Å². The van der Waals surface area contributed by atoms with Gasteiger partial charge < -0.3 is 43.0 Å². The molecular weight excluding hydrogens is 1010 g/mol. The number of thioether (sulfide) groups is 1. The molecule has 3 aliphatic heterocycles. The van der Waals surface area contributed by atoms with Gasteiger partial charge in [-0.25, -0.2) is 17.9 Å². The molecular formula is C52H79N13O9S2. The van der Waals surface area contributed by atoms with Crippen molar-refractivity contribution in [3.05, 3.63) is 41.7 Å². The number of nitrogens with one attached hydrogen (secondary N) is 8. The zero-order valence-electron chi connectivity index (χ0n) is 44.4. The molecule has 5 aliphatic rings. The number of aliphatic imine (C=N–C) groups is 1. The van der Waals surface area contributed by atoms with Crippen molar-refractivity contribution < 1.29 is 42.0 Å². The lowest BCUT2D eigenvalue weighted by Gasteiger charge is -2.28. The van der Waals surface area contributed by atoms with Gasteiger partial charge in [-0.15, -0.1) is 5.10 Å². The predicted molar refractivity (Wildman–Crippen MR) is 287 cm³/mol. The van der Waals surface area contributed by atoms with Crippen LogP contribution in [0.2, 0.25) is 0 Å². The van der Waals surface area contributed by atoms with Crippen LogP contribution in [0.1, 0.15) is 161 Å². The molecule has 2 aromatic rings. The van der Waals surface area contributed by atoms with Crippen LogP contribution >= 0.6 is 11.8 Å². The van der Waals surface area contributed by atoms with E-state index in [4.69, 9.17) is 5.73 Å². The van der Waals surface area contributed by atoms with Gasteiger partial charge in [0.25, 0.3) is 10.0 Å². The van der Waals surface area contributed by atoms with Crippen molar-refractivity contribution in [1.29, 1.82) is 0 Å². The van der Waals surface area contributed by atoms with Crippen LogP contribution < -0.4 is 47.7 Å². The number of sulfonamides is 1. The van der Waals surface area contributed by atoms with Crippen LogP contribution in [-0.4, -0.2) is 131 Å². The van der Waals surface area contributed by atoms with Crippen LogP contribution in [0.3, 0.4) is 0 Å². The second-order valence-corrected chi connectivity index (χ2v) is 25.4. The largest absolute Gasteiger partial charge is 0.368 e. The van der Waals surface area contributed by atoms with E-state index < -0.39 is 75.8 Å². The summed E-state index contributed by atoms with van der Waals surface area (Å²) in [6, 6.07) is 1.90. The highest BCUT2D eigenvalue weighted by Crippen LogP contribution is 2.38. The van der Waals surface area contributed by atoms with Crippen LogP contribution in [0.25, 0.3) is 0 Å². The molecule has 2 saturated heterocycles. The van der Waals surface area contributed by atoms with Gasteiger partial charge in [-0.2, -0.15) is 11.8 Å². The lowest BCUT2D eigenvalue weighted by molar-refractivity contribution is -0.135. The minimum atomic E-state index is -3.91. The molecule has 2 saturated carbocycles. The molecule has 7 rings (SSSR count). The number of amides is 8. The summed E-state index contributed by atoms with van der Waals surface area (Å²) in [7, 11) is -3.91. The Morgan fingerprint density at radius 3 is 2.41 bits per heavy atom. The van der Waals surface area contributed by atoms with Crippen molar-refractivity contribution in [3.8, 4) is 0 Å². The van der Waals surface area contributed by atoms with Crippen molar-refractivity contribution in [2.24, 2.45) is 22.1 Å². The minimum Gasteiger partial charge on any atom is -0.368 e. The van der Waals surface area contributed by atoms with E-state index in [0.29, 0.717) is 68.2 Å². The summed E-state index contributed by atoms with van der Waals surface area (Å²) < 4.78 is 29.8. The van der Waals surface area contributed by atoms with E-state index in [1.54, 1.807) is 22.9 Å². The van der Waals surface area contributed by atoms with Gasteiger partial charge in [0, 0.05) is 42.3 Å². The molecule has 418 valence electrons. The maximum absolute atomic E-state index is 14.4. The number of rotatable bonds is 28. The highest BCUT2D eigenvalue weighted by molar-refractivity contribution is 8.00. The number of hydrogen-bond acceptors (Lipinski definition) is 13. The summed E-state index contributed by atoms with van der Waals surface area (Å²) in [6.07, 6.45) is 14.7. The molecule has 22 nitrogen and oxygen atoms in total. The van der Waals surface area contributed by atoms with Crippen LogP contribution in [-0.2, 0) is 45.2 Å². The van der Waals surface area contributed by atoms with Crippen molar-refractivity contribution >= 4 is 69.1 Å². The maximum Gasteiger partial charge on any atom is 0.315 e. The SMILES string of the molecule is CCCCC(N=C1NS(=O)(=O)c2ccccc21)C(=O)NC[C@@H](NC(=O)C1(NC(=O)[C@H](CC(C)(C)C)n2cc(CC3CCCCC3)nn2)CC1)C(=O)NC(CCCCNC(=O)CCCC[C@@H]1SCC2NC(=O)NC21)C(N)=O. The average molecular weight is 1090 g/mol. The van der Waals surface area contributed by atoms with Gasteiger partial charge in [-0.3, -0.25) is 38.5 Å². The number of aromatic nitrogens is 3. The first kappa shape index (κ1) is 57.9. The molecule has 4 heterocycles. The van der Waals surface area contributed by atoms with E-state index in [1.165, 1.54) is 25.3 Å². The number of benzene rings is 1. The van der Waals surface area contributed by atoms with E-state index in [2.05, 4.69) is 57.2 Å². The Kier molecular flexibility index (Phi) is 19.8. The Balaban J connectivity index is 0.986. The van der Waals surface area contributed by atoms with Gasteiger partial charge in [0.05, 0.1) is 22.7 Å². The minimum absolute atomic E-state index is 0.00729. The standard InChI is InChI=1S/C52H79N13O9S2/c1-5-6-19-36(56-45-34-18-10-12-22-41(34)76(73,74)63-45)46(68)55-29-37(47(69)57-35(44(53)67)20-14-15-26-54-42(66)23-13-11-21-40-43-38(31-75-40)59-50(72)60-43)58-49(71)52(24-25-52)61-48(70)39(28-51(2,3)4)65-30-33(62-64-65)27-32-16-8-7-9-17-32/h10,12,18,22,30,32,35-40,43H,5-9,11,13-17,19-21,23-29,31H2,1-4H3,(H2,53,67)(H,54,66)(H,55,68)(H,56,63)(H,57,69)(H,58,71)(H,61,70)(H2,59,60,72)/t35?,36?,37-,38?,39+,40+,43?/m1/s1. The van der Waals surface area contributed by atoms with E-state index in [0.717, 1.165) is 43.6 Å². The highest BCUT2D eigenvalue weighted by Gasteiger charge is 2.53. The predicted octanol–water partition coefficient (Wildman–Crippen LogP) is 2.91. The van der Waals surface area contributed by atoms with Crippen LogP contribution in [0.5, 0.6) is 0 Å². The van der Waals surface area contributed by atoms with Gasteiger partial charge in [0.15, 0.2) is 0 Å². The third-order valence-corrected chi connectivity index (χ3v) is 17.8. The number of amidine groups is 1. The molecule has 7 atom stereocenters. The topological polar surface area (TPSA) is 319 Å². The Hall–Kier alpha value is -5.78. The first-order valence-corrected chi connectivity index (χ1v) is 29.8. The number of carbonyl (C=O) groups is 7. The molecule has 4 unspecified atom stereocenters. The fraction of sp³-hybridized carbons (Fsp3) is 0.692. The summed E-state index contributed by atoms with van der Waals surface area (Å²) in [4.78, 5) is 98.8. The van der Waals surface area contributed by atoms with Gasteiger partial charge in [0.2, 0.25) is 35.4 Å². The molecule has 10 N–H and O–H groups in total. The number of carbonyl (C=O) groups excluding carboxylic acids is 7. The van der Waals surface area contributed by atoms with Crippen LogP contribution in [0.15, 0.2) is 40.4 Å². The number of unbranched alkanes of at least 4 members (excludes halogenated alkanes) is 3. The number of nitrogens with zero attached hydrogens (tertiary/aromatic N) is 4. The number of fused-ring (bicyclic) bond motifs is 2. The van der Waals surface area contributed by atoms with Crippen molar-refractivity contribution in [2.45, 2.75) is 202 Å². The molecule has 4 fully saturated rings. The quantitative estimate of drug-likeness (QED) is 0.0439. The monoisotopic (exact) mass is 1090 g/mol. The summed E-state index contributed by atoms with van der Waals surface area (Å²) in [6.45, 7) is 7.84. The Labute approximate surface area is 450 Å². The second kappa shape index (κ2) is 26.0. The fourth-order valence-corrected chi connectivity index (χ4v) is 13.3. The Bertz CT molecular complexity index is 2560. The van der Waals surface area contributed by atoms with Crippen LogP contribution in [0.4, 0.5) is 4.79 Å². The van der Waals surface area contributed by atoms with E-state index >= 15 is 0 Å². The average Bonchev–Trinajstić information content (AvgIpc) is 3.58. The lowest BCUT2D eigenvalue weighted by Crippen LogP contribution is -2.60. The molecule has 1 aromatic carbocycles. The zero-order chi connectivity index (χ0) is 54.6. The molecule has 0 bridgehead atoms. The number of hydrogen-bond donors (Lipinski definition) is 9. The molecule has 1 aromatic heterocycles. The summed E-state index contributed by atoms with van der Waals surface area (Å²) in [5, 5.41) is 29.1. The number of urea groups is 1. The first-order valence-electron chi connectivity index (χ1n) is 27.3. The van der Waals surface area contributed by atoms with Gasteiger partial charge >= 0.3 is 6.03 Å². The Morgan fingerprint density at radius 2 is 1.68 bits per heavy atom. The first-order chi connectivity index (χ1) is 36.2. The van der Waals surface area contributed by atoms with Crippen molar-refractivity contribution in [2.75, 3.05) is 18.8 Å². The van der Waals surface area contributed by atoms with Gasteiger partial charge in [-0.1, -0.05) is 96.4 Å². The smallest absolute Gasteiger partial charge is 0.315 e. The third kappa shape index (κ3) is 15.9. The molecule has 24 heteroatoms. The fourth-order valence-electron chi connectivity index (χ4n) is 10.5. The van der Waals surface area contributed by atoms with Gasteiger partial charge in [-0.05, 0) is 87.7 Å². The maximum atomic E-state index is 14.4. The normalized spacial score (nSPS) is 22.3. The van der Waals surface area contributed by atoms with Crippen molar-refractivity contribution in [1.82, 2.24) is 56.9 Å².